The number of imide groups is 1. The highest BCUT2D eigenvalue weighted by Gasteiger charge is 2.37. The Morgan fingerprint density at radius 1 is 0.833 bits per heavy atom. The van der Waals surface area contributed by atoms with Gasteiger partial charge in [0.05, 0.1) is 22.3 Å². The fraction of sp³-hybridized carbons (Fsp3) is 0.105. The molecule has 118 valence electrons. The molecule has 0 saturated carbocycles. The molecule has 1 aliphatic heterocycles. The Kier molecular flexibility index (Phi) is 2.93. The van der Waals surface area contributed by atoms with E-state index in [9.17, 15) is 14.4 Å². The molecule has 2 heterocycles. The van der Waals surface area contributed by atoms with Crippen molar-refractivity contribution in [2.45, 2.75) is 13.8 Å². The summed E-state index contributed by atoms with van der Waals surface area (Å²) in [4.78, 5) is 41.0. The highest BCUT2D eigenvalue weighted by atomic mass is 16.2. The van der Waals surface area contributed by atoms with Gasteiger partial charge < -0.3 is 4.98 Å². The van der Waals surface area contributed by atoms with Gasteiger partial charge >= 0.3 is 0 Å². The van der Waals surface area contributed by atoms with Crippen LogP contribution in [0.15, 0.2) is 47.3 Å². The van der Waals surface area contributed by atoms with E-state index >= 15 is 0 Å². The highest BCUT2D eigenvalue weighted by Crippen LogP contribution is 2.33. The molecule has 0 bridgehead atoms. The van der Waals surface area contributed by atoms with E-state index in [1.807, 2.05) is 19.9 Å². The molecule has 0 radical (unpaired) electrons. The molecule has 0 atom stereocenters. The smallest absolute Gasteiger partial charge is 0.266 e. The molecule has 2 aromatic carbocycles. The summed E-state index contributed by atoms with van der Waals surface area (Å²) in [6.07, 6.45) is 0. The molecular formula is C19H14N2O3. The van der Waals surface area contributed by atoms with Crippen molar-refractivity contribution >= 4 is 28.4 Å². The summed E-state index contributed by atoms with van der Waals surface area (Å²) >= 11 is 0. The maximum absolute atomic E-state index is 12.7. The molecule has 1 N–H and O–H groups in total. The van der Waals surface area contributed by atoms with Crippen LogP contribution in [0, 0.1) is 13.8 Å². The first-order valence-corrected chi connectivity index (χ1v) is 7.59. The van der Waals surface area contributed by atoms with Crippen LogP contribution in [-0.2, 0) is 0 Å². The molecule has 24 heavy (non-hydrogen) atoms. The second kappa shape index (κ2) is 4.89. The zero-order chi connectivity index (χ0) is 17.0. The molecule has 0 aliphatic carbocycles. The number of carbonyl (C=O) groups is 2. The van der Waals surface area contributed by atoms with Crippen LogP contribution >= 0.6 is 0 Å². The van der Waals surface area contributed by atoms with E-state index in [1.165, 1.54) is 11.0 Å². The molecule has 0 fully saturated rings. The summed E-state index contributed by atoms with van der Waals surface area (Å²) in [5, 5.41) is 0.896. The van der Waals surface area contributed by atoms with E-state index in [4.69, 9.17) is 0 Å². The second-order valence-electron chi connectivity index (χ2n) is 5.99. The monoisotopic (exact) mass is 318 g/mol. The van der Waals surface area contributed by atoms with E-state index < -0.39 is 0 Å². The minimum Gasteiger partial charge on any atom is -0.322 e. The largest absolute Gasteiger partial charge is 0.322 e. The summed E-state index contributed by atoms with van der Waals surface area (Å²) in [5.41, 5.74) is 3.35. The van der Waals surface area contributed by atoms with Crippen molar-refractivity contribution in [2.75, 3.05) is 4.90 Å². The number of aromatic nitrogens is 1. The molecule has 1 aromatic heterocycles. The van der Waals surface area contributed by atoms with Crippen LogP contribution in [0.1, 0.15) is 31.8 Å². The van der Waals surface area contributed by atoms with Gasteiger partial charge in [0.15, 0.2) is 0 Å². The first-order valence-electron chi connectivity index (χ1n) is 7.59. The van der Waals surface area contributed by atoms with Crippen LogP contribution in [0.5, 0.6) is 0 Å². The first-order chi connectivity index (χ1) is 11.5. The minimum absolute atomic E-state index is 0.211. The van der Waals surface area contributed by atoms with E-state index in [-0.39, 0.29) is 17.4 Å². The summed E-state index contributed by atoms with van der Waals surface area (Å²) < 4.78 is 0. The van der Waals surface area contributed by atoms with Crippen LogP contribution in [-0.4, -0.2) is 16.8 Å². The van der Waals surface area contributed by atoms with Crippen molar-refractivity contribution in [3.8, 4) is 0 Å². The van der Waals surface area contributed by atoms with Gasteiger partial charge in [-0.25, -0.2) is 4.90 Å². The molecule has 5 heteroatoms. The van der Waals surface area contributed by atoms with Crippen molar-refractivity contribution in [3.05, 3.63) is 75.1 Å². The number of fused-ring (bicyclic) bond motifs is 2. The average molecular weight is 318 g/mol. The summed E-state index contributed by atoms with van der Waals surface area (Å²) in [6, 6.07) is 11.9. The summed E-state index contributed by atoms with van der Waals surface area (Å²) in [5.74, 6) is -0.680. The quantitative estimate of drug-likeness (QED) is 0.701. The SMILES string of the molecule is Cc1cc2c(C)cc(=O)[nH]c2cc1N1C(=O)c2ccccc2C1=O. The highest BCUT2D eigenvalue weighted by molar-refractivity contribution is 6.34. The predicted molar refractivity (Wildman–Crippen MR) is 91.6 cm³/mol. The third-order valence-corrected chi connectivity index (χ3v) is 4.40. The Morgan fingerprint density at radius 3 is 2.08 bits per heavy atom. The number of aryl methyl sites for hydroxylation is 2. The summed E-state index contributed by atoms with van der Waals surface area (Å²) in [7, 11) is 0. The second-order valence-corrected chi connectivity index (χ2v) is 5.99. The lowest BCUT2D eigenvalue weighted by Gasteiger charge is -2.18. The van der Waals surface area contributed by atoms with Gasteiger partial charge in [-0.15, -0.1) is 0 Å². The van der Waals surface area contributed by atoms with Gasteiger partial charge in [0.2, 0.25) is 5.56 Å². The van der Waals surface area contributed by atoms with Crippen molar-refractivity contribution < 1.29 is 9.59 Å². The lowest BCUT2D eigenvalue weighted by atomic mass is 10.1. The van der Waals surface area contributed by atoms with Gasteiger partial charge in [0.25, 0.3) is 11.8 Å². The number of amides is 2. The van der Waals surface area contributed by atoms with Gasteiger partial charge in [-0.05, 0) is 49.2 Å². The van der Waals surface area contributed by atoms with Crippen molar-refractivity contribution in [1.82, 2.24) is 4.98 Å². The van der Waals surface area contributed by atoms with Crippen LogP contribution in [0.3, 0.4) is 0 Å². The number of pyridine rings is 1. The van der Waals surface area contributed by atoms with Crippen molar-refractivity contribution in [1.29, 1.82) is 0 Å². The molecule has 0 unspecified atom stereocenters. The fourth-order valence-electron chi connectivity index (χ4n) is 3.22. The van der Waals surface area contributed by atoms with Crippen LogP contribution in [0.4, 0.5) is 5.69 Å². The van der Waals surface area contributed by atoms with Gasteiger partial charge in [0.1, 0.15) is 0 Å². The topological polar surface area (TPSA) is 70.2 Å². The number of hydrogen-bond acceptors (Lipinski definition) is 3. The Balaban J connectivity index is 1.95. The predicted octanol–water partition coefficient (Wildman–Crippen LogP) is 2.95. The molecule has 4 rings (SSSR count). The third kappa shape index (κ3) is 1.91. The normalized spacial score (nSPS) is 13.7. The van der Waals surface area contributed by atoms with Crippen LogP contribution in [0.25, 0.3) is 10.9 Å². The maximum atomic E-state index is 12.7. The number of H-pyrrole nitrogens is 1. The lowest BCUT2D eigenvalue weighted by Crippen LogP contribution is -2.30. The first kappa shape index (κ1) is 14.4. The number of carbonyl (C=O) groups excluding carboxylic acids is 2. The van der Waals surface area contributed by atoms with Gasteiger partial charge in [0, 0.05) is 11.5 Å². The lowest BCUT2D eigenvalue weighted by molar-refractivity contribution is 0.0926. The van der Waals surface area contributed by atoms with E-state index in [1.54, 1.807) is 30.3 Å². The Morgan fingerprint density at radius 2 is 1.46 bits per heavy atom. The average Bonchev–Trinajstić information content (AvgIpc) is 2.80. The zero-order valence-corrected chi connectivity index (χ0v) is 13.2. The van der Waals surface area contributed by atoms with Crippen LogP contribution < -0.4 is 10.5 Å². The zero-order valence-electron chi connectivity index (χ0n) is 13.2. The van der Waals surface area contributed by atoms with Crippen molar-refractivity contribution in [3.63, 3.8) is 0 Å². The van der Waals surface area contributed by atoms with E-state index in [0.717, 1.165) is 16.5 Å². The van der Waals surface area contributed by atoms with Crippen molar-refractivity contribution in [2.24, 2.45) is 0 Å². The molecule has 1 aliphatic rings. The number of nitrogens with one attached hydrogen (secondary N) is 1. The molecule has 5 nitrogen and oxygen atoms in total. The van der Waals surface area contributed by atoms with Gasteiger partial charge in [-0.3, -0.25) is 14.4 Å². The Hall–Kier alpha value is -3.21. The number of aromatic amines is 1. The Bertz CT molecular complexity index is 1060. The fourth-order valence-corrected chi connectivity index (χ4v) is 3.22. The van der Waals surface area contributed by atoms with Gasteiger partial charge in [-0.2, -0.15) is 0 Å². The molecule has 0 spiro atoms. The summed E-state index contributed by atoms with van der Waals surface area (Å²) in [6.45, 7) is 3.71. The molecule has 3 aromatic rings. The van der Waals surface area contributed by atoms with E-state index in [2.05, 4.69) is 4.98 Å². The number of benzene rings is 2. The Labute approximate surface area is 137 Å². The third-order valence-electron chi connectivity index (χ3n) is 4.40. The standard InChI is InChI=1S/C19H14N2O3/c1-10-8-17(22)20-15-9-16(11(2)7-14(10)15)21-18(23)12-5-3-4-6-13(12)19(21)24/h3-9H,1-2H3,(H,20,22). The van der Waals surface area contributed by atoms with E-state index in [0.29, 0.717) is 22.3 Å². The van der Waals surface area contributed by atoms with Gasteiger partial charge in [-0.1, -0.05) is 12.1 Å². The molecular weight excluding hydrogens is 304 g/mol. The van der Waals surface area contributed by atoms with Crippen LogP contribution in [0.2, 0.25) is 0 Å². The number of nitrogens with zero attached hydrogens (tertiary/aromatic N) is 1. The number of hydrogen-bond donors (Lipinski definition) is 1. The molecule has 2 amide bonds. The minimum atomic E-state index is -0.340. The number of rotatable bonds is 1. The number of anilines is 1. The molecule has 0 saturated heterocycles. The maximum Gasteiger partial charge on any atom is 0.266 e.